The molecule has 0 radical (unpaired) electrons. The molecule has 1 rings (SSSR count). The van der Waals surface area contributed by atoms with E-state index in [1.54, 1.807) is 0 Å². The molecule has 4 nitrogen and oxygen atoms in total. The molecule has 0 bridgehead atoms. The van der Waals surface area contributed by atoms with Crippen molar-refractivity contribution < 1.29 is 19.8 Å². The summed E-state index contributed by atoms with van der Waals surface area (Å²) >= 11 is 0. The summed E-state index contributed by atoms with van der Waals surface area (Å²) in [5.74, 6) is -1.04. The molecule has 1 aliphatic carbocycles. The van der Waals surface area contributed by atoms with Gasteiger partial charge in [0.05, 0.1) is 10.8 Å². The van der Waals surface area contributed by atoms with Crippen LogP contribution in [-0.2, 0) is 9.59 Å². The molecular formula is C27H48O4. The predicted molar refractivity (Wildman–Crippen MR) is 128 cm³/mol. The number of allylic oxidation sites excluding steroid dienone is 2. The molecule has 0 saturated heterocycles. The molecule has 0 saturated carbocycles. The van der Waals surface area contributed by atoms with Gasteiger partial charge in [0.25, 0.3) is 0 Å². The van der Waals surface area contributed by atoms with E-state index < -0.39 is 22.8 Å². The van der Waals surface area contributed by atoms with Gasteiger partial charge in [0.1, 0.15) is 0 Å². The lowest BCUT2D eigenvalue weighted by Crippen LogP contribution is -2.53. The van der Waals surface area contributed by atoms with E-state index in [0.29, 0.717) is 25.7 Å². The van der Waals surface area contributed by atoms with Gasteiger partial charge in [-0.15, -0.1) is 0 Å². The van der Waals surface area contributed by atoms with Gasteiger partial charge >= 0.3 is 11.9 Å². The van der Waals surface area contributed by atoms with E-state index in [4.69, 9.17) is 0 Å². The summed E-state index contributed by atoms with van der Waals surface area (Å²) in [6.07, 6.45) is 20.4. The molecule has 2 atom stereocenters. The van der Waals surface area contributed by atoms with Crippen LogP contribution in [0.5, 0.6) is 0 Å². The van der Waals surface area contributed by atoms with E-state index in [9.17, 15) is 19.8 Å². The number of hydrogen-bond acceptors (Lipinski definition) is 2. The van der Waals surface area contributed by atoms with Crippen LogP contribution in [0.1, 0.15) is 130 Å². The maximum atomic E-state index is 12.4. The van der Waals surface area contributed by atoms with Crippen molar-refractivity contribution in [3.63, 3.8) is 0 Å². The Labute approximate surface area is 190 Å². The second kappa shape index (κ2) is 14.7. The minimum atomic E-state index is -1.17. The highest BCUT2D eigenvalue weighted by atomic mass is 16.4. The zero-order chi connectivity index (χ0) is 23.2. The Morgan fingerprint density at radius 2 is 1.10 bits per heavy atom. The Hall–Kier alpha value is -1.32. The minimum Gasteiger partial charge on any atom is -0.481 e. The molecule has 0 amide bonds. The van der Waals surface area contributed by atoms with E-state index in [-0.39, 0.29) is 0 Å². The van der Waals surface area contributed by atoms with Crippen LogP contribution in [-0.4, -0.2) is 22.2 Å². The first-order chi connectivity index (χ1) is 14.8. The van der Waals surface area contributed by atoms with Gasteiger partial charge < -0.3 is 10.2 Å². The molecule has 0 aromatic carbocycles. The predicted octanol–water partition coefficient (Wildman–Crippen LogP) is 8.01. The van der Waals surface area contributed by atoms with Crippen molar-refractivity contribution in [3.05, 3.63) is 12.2 Å². The molecule has 0 spiro atoms. The molecule has 0 aromatic heterocycles. The molecule has 2 N–H and O–H groups in total. The summed E-state index contributed by atoms with van der Waals surface area (Å²) in [6, 6.07) is 0. The molecular weight excluding hydrogens is 388 g/mol. The summed E-state index contributed by atoms with van der Waals surface area (Å²) in [5.41, 5.74) is -2.34. The van der Waals surface area contributed by atoms with Crippen molar-refractivity contribution in [2.24, 2.45) is 16.7 Å². The lowest BCUT2D eigenvalue weighted by Gasteiger charge is -2.46. The summed E-state index contributed by atoms with van der Waals surface area (Å²) in [7, 11) is 0. The van der Waals surface area contributed by atoms with Gasteiger partial charge in [0.15, 0.2) is 0 Å². The lowest BCUT2D eigenvalue weighted by atomic mass is 9.54. The Morgan fingerprint density at radius 3 is 1.48 bits per heavy atom. The Balaban J connectivity index is 2.42. The number of unbranched alkanes of at least 4 members (excludes halogenated alkanes) is 10. The molecule has 180 valence electrons. The zero-order valence-corrected chi connectivity index (χ0v) is 20.5. The van der Waals surface area contributed by atoms with Gasteiger partial charge in [0, 0.05) is 0 Å². The summed E-state index contributed by atoms with van der Waals surface area (Å²) < 4.78 is 0. The topological polar surface area (TPSA) is 74.6 Å². The third-order valence-electron chi connectivity index (χ3n) is 7.43. The van der Waals surface area contributed by atoms with Crippen molar-refractivity contribution in [1.29, 1.82) is 0 Å². The highest BCUT2D eigenvalue weighted by Crippen LogP contribution is 2.55. The maximum Gasteiger partial charge on any atom is 0.311 e. The SMILES string of the molecule is CCCCC1(C(=O)O)CC=CCC1(CCCCCCCCCCCCC(C)C)C(=O)O. The van der Waals surface area contributed by atoms with Crippen molar-refractivity contribution in [2.45, 2.75) is 130 Å². The van der Waals surface area contributed by atoms with Crippen LogP contribution < -0.4 is 0 Å². The van der Waals surface area contributed by atoms with Crippen LogP contribution >= 0.6 is 0 Å². The van der Waals surface area contributed by atoms with Gasteiger partial charge in [-0.05, 0) is 31.6 Å². The van der Waals surface area contributed by atoms with Crippen LogP contribution in [0.4, 0.5) is 0 Å². The molecule has 0 aliphatic heterocycles. The fraction of sp³-hybridized carbons (Fsp3) is 0.852. The van der Waals surface area contributed by atoms with Crippen LogP contribution in [0.15, 0.2) is 12.2 Å². The van der Waals surface area contributed by atoms with Crippen molar-refractivity contribution in [1.82, 2.24) is 0 Å². The minimum absolute atomic E-state index is 0.339. The van der Waals surface area contributed by atoms with E-state index in [1.807, 2.05) is 19.1 Å². The smallest absolute Gasteiger partial charge is 0.311 e. The summed E-state index contributed by atoms with van der Waals surface area (Å²) in [5, 5.41) is 20.3. The maximum absolute atomic E-state index is 12.4. The van der Waals surface area contributed by atoms with Gasteiger partial charge in [0.2, 0.25) is 0 Å². The quantitative estimate of drug-likeness (QED) is 0.168. The molecule has 0 heterocycles. The summed E-state index contributed by atoms with van der Waals surface area (Å²) in [6.45, 7) is 6.61. The fourth-order valence-corrected chi connectivity index (χ4v) is 5.31. The van der Waals surface area contributed by atoms with E-state index in [0.717, 1.165) is 38.0 Å². The Kier molecular flexibility index (Phi) is 13.1. The highest BCUT2D eigenvalue weighted by molar-refractivity contribution is 5.87. The number of carboxylic acid groups (broad SMARTS) is 2. The van der Waals surface area contributed by atoms with Gasteiger partial charge in [-0.3, -0.25) is 9.59 Å². The first-order valence-electron chi connectivity index (χ1n) is 12.9. The Morgan fingerprint density at radius 1 is 0.710 bits per heavy atom. The molecule has 31 heavy (non-hydrogen) atoms. The average Bonchev–Trinajstić information content (AvgIpc) is 2.73. The number of carbonyl (C=O) groups is 2. The van der Waals surface area contributed by atoms with Crippen LogP contribution in [0.25, 0.3) is 0 Å². The van der Waals surface area contributed by atoms with Crippen LogP contribution in [0.2, 0.25) is 0 Å². The zero-order valence-electron chi connectivity index (χ0n) is 20.5. The van der Waals surface area contributed by atoms with E-state index in [1.165, 1.54) is 51.4 Å². The highest BCUT2D eigenvalue weighted by Gasteiger charge is 2.60. The fourth-order valence-electron chi connectivity index (χ4n) is 5.31. The van der Waals surface area contributed by atoms with Gasteiger partial charge in [-0.25, -0.2) is 0 Å². The number of aliphatic carboxylic acids is 2. The first kappa shape index (κ1) is 27.7. The Bertz CT molecular complexity index is 553. The molecule has 2 unspecified atom stereocenters. The molecule has 1 aliphatic rings. The van der Waals surface area contributed by atoms with Gasteiger partial charge in [-0.1, -0.05) is 116 Å². The number of carboxylic acids is 2. The summed E-state index contributed by atoms with van der Waals surface area (Å²) in [4.78, 5) is 24.8. The second-order valence-electron chi connectivity index (χ2n) is 10.2. The second-order valence-corrected chi connectivity index (χ2v) is 10.2. The molecule has 0 aromatic rings. The van der Waals surface area contributed by atoms with Crippen LogP contribution in [0.3, 0.4) is 0 Å². The lowest BCUT2D eigenvalue weighted by molar-refractivity contribution is -0.177. The monoisotopic (exact) mass is 436 g/mol. The first-order valence-corrected chi connectivity index (χ1v) is 12.9. The number of hydrogen-bond donors (Lipinski definition) is 2. The van der Waals surface area contributed by atoms with E-state index in [2.05, 4.69) is 13.8 Å². The standard InChI is InChI=1S/C27H48O4/c1-4-5-19-26(24(28)29)21-16-17-22-27(26,25(30)31)20-15-13-11-9-7-6-8-10-12-14-18-23(2)3/h16-17,23H,4-15,18-22H2,1-3H3,(H,28,29)(H,30,31). The van der Waals surface area contributed by atoms with Crippen LogP contribution in [0, 0.1) is 16.7 Å². The van der Waals surface area contributed by atoms with Gasteiger partial charge in [-0.2, -0.15) is 0 Å². The largest absolute Gasteiger partial charge is 0.481 e. The average molecular weight is 437 g/mol. The van der Waals surface area contributed by atoms with Crippen molar-refractivity contribution in [2.75, 3.05) is 0 Å². The van der Waals surface area contributed by atoms with Crippen molar-refractivity contribution in [3.8, 4) is 0 Å². The molecule has 4 heteroatoms. The van der Waals surface area contributed by atoms with E-state index >= 15 is 0 Å². The number of rotatable bonds is 18. The normalized spacial score (nSPS) is 23.4. The third-order valence-corrected chi connectivity index (χ3v) is 7.43. The molecule has 0 fully saturated rings. The third kappa shape index (κ3) is 8.27. The van der Waals surface area contributed by atoms with Crippen molar-refractivity contribution >= 4 is 11.9 Å².